The number of benzene rings is 4. The molecular weight excluding hydrogens is 617 g/mol. The van der Waals surface area contributed by atoms with Crippen molar-refractivity contribution in [2.75, 3.05) is 16.6 Å². The maximum absolute atomic E-state index is 12.3. The van der Waals surface area contributed by atoms with Gasteiger partial charge >= 0.3 is 0 Å². The third-order valence-electron chi connectivity index (χ3n) is 6.77. The smallest absolute Gasteiger partial charge is 0.261 e. The number of carbonyl (C=O) groups is 2. The Balaban J connectivity index is 0.000000246. The van der Waals surface area contributed by atoms with E-state index in [0.29, 0.717) is 22.7 Å². The first-order valence-electron chi connectivity index (χ1n) is 13.7. The normalized spacial score (nSPS) is 12.5. The minimum absolute atomic E-state index is 0.0900. The van der Waals surface area contributed by atoms with E-state index in [1.165, 1.54) is 19.2 Å². The largest absolute Gasteiger partial charge is 0.497 e. The summed E-state index contributed by atoms with van der Waals surface area (Å²) in [6, 6.07) is 28.2. The van der Waals surface area contributed by atoms with Crippen LogP contribution in [0.2, 0.25) is 0 Å². The van der Waals surface area contributed by atoms with E-state index in [9.17, 15) is 26.4 Å². The first-order chi connectivity index (χ1) is 21.2. The quantitative estimate of drug-likeness (QED) is 0.176. The molecule has 4 aromatic carbocycles. The molecule has 0 saturated carbocycles. The van der Waals surface area contributed by atoms with Crippen LogP contribution < -0.4 is 25.6 Å². The molecule has 0 saturated heterocycles. The van der Waals surface area contributed by atoms with E-state index in [1.807, 2.05) is 6.07 Å². The SMILES string of the molecule is COc1ccc(S(=O)(=O)Nc2ccc([C@@H](C)C(N)=O)cc2)cc1.C[C@@H](C(N)=O)c1ccc(NS(=O)(=O)Cc2ccccc2)cc1. The van der Waals surface area contributed by atoms with E-state index < -0.39 is 43.7 Å². The van der Waals surface area contributed by atoms with Gasteiger partial charge < -0.3 is 16.2 Å². The van der Waals surface area contributed by atoms with Crippen LogP contribution in [-0.2, 0) is 35.4 Å². The number of methoxy groups -OCH3 is 1. The molecular formula is C32H36N4O7S2. The van der Waals surface area contributed by atoms with Crippen LogP contribution in [0.15, 0.2) is 108 Å². The van der Waals surface area contributed by atoms with Crippen LogP contribution in [0.25, 0.3) is 0 Å². The monoisotopic (exact) mass is 652 g/mol. The van der Waals surface area contributed by atoms with Crippen LogP contribution in [0.1, 0.15) is 42.4 Å². The number of anilines is 2. The van der Waals surface area contributed by atoms with Gasteiger partial charge in [-0.1, -0.05) is 54.6 Å². The molecule has 0 fully saturated rings. The molecule has 6 N–H and O–H groups in total. The number of rotatable bonds is 12. The van der Waals surface area contributed by atoms with Gasteiger partial charge in [-0.25, -0.2) is 16.8 Å². The molecule has 0 spiro atoms. The van der Waals surface area contributed by atoms with Gasteiger partial charge in [0, 0.05) is 11.4 Å². The van der Waals surface area contributed by atoms with E-state index in [0.717, 1.165) is 11.1 Å². The Morgan fingerprint density at radius 3 is 1.53 bits per heavy atom. The number of carbonyl (C=O) groups excluding carboxylic acids is 2. The lowest BCUT2D eigenvalue weighted by Crippen LogP contribution is -2.19. The summed E-state index contributed by atoms with van der Waals surface area (Å²) in [5, 5.41) is 0. The standard InChI is InChI=1S/C16H18N2O4S.C16H18N2O3S/c1-11(16(17)19)12-3-5-13(6-4-12)18-23(20,21)15-9-7-14(22-2)8-10-15;1-12(16(17)19)14-7-9-15(10-8-14)18-22(20,21)11-13-5-3-2-4-6-13/h3-11,18H,1-2H3,(H2,17,19);2-10,12,18H,11H2,1H3,(H2,17,19)/t11-;12-/m11/s1. The Morgan fingerprint density at radius 1 is 0.667 bits per heavy atom. The van der Waals surface area contributed by atoms with Crippen LogP contribution >= 0.6 is 0 Å². The zero-order chi connectivity index (χ0) is 33.2. The molecule has 2 atom stereocenters. The average Bonchev–Trinajstić information content (AvgIpc) is 3.01. The molecule has 0 unspecified atom stereocenters. The third kappa shape index (κ3) is 10.4. The Kier molecular flexibility index (Phi) is 11.7. The molecule has 0 aliphatic heterocycles. The topological polar surface area (TPSA) is 188 Å². The van der Waals surface area contributed by atoms with Crippen molar-refractivity contribution in [2.24, 2.45) is 11.5 Å². The Labute approximate surface area is 263 Å². The highest BCUT2D eigenvalue weighted by Gasteiger charge is 2.16. The van der Waals surface area contributed by atoms with E-state index in [4.69, 9.17) is 16.2 Å². The highest BCUT2D eigenvalue weighted by Crippen LogP contribution is 2.22. The van der Waals surface area contributed by atoms with Crippen molar-refractivity contribution in [3.8, 4) is 5.75 Å². The first-order valence-corrected chi connectivity index (χ1v) is 16.8. The lowest BCUT2D eigenvalue weighted by atomic mass is 10.0. The number of hydrogen-bond donors (Lipinski definition) is 4. The summed E-state index contributed by atoms with van der Waals surface area (Å²) in [7, 11) is -5.65. The lowest BCUT2D eigenvalue weighted by molar-refractivity contribution is -0.119. The van der Waals surface area contributed by atoms with Gasteiger partial charge in [-0.3, -0.25) is 19.0 Å². The summed E-state index contributed by atoms with van der Waals surface area (Å²) in [5.41, 5.74) is 13.5. The second kappa shape index (κ2) is 15.2. The Morgan fingerprint density at radius 2 is 1.11 bits per heavy atom. The Bertz CT molecular complexity index is 1800. The summed E-state index contributed by atoms with van der Waals surface area (Å²) in [4.78, 5) is 22.4. The van der Waals surface area contributed by atoms with Crippen LogP contribution in [0, 0.1) is 0 Å². The number of nitrogens with one attached hydrogen (secondary N) is 2. The van der Waals surface area contributed by atoms with Crippen LogP contribution in [-0.4, -0.2) is 35.8 Å². The molecule has 238 valence electrons. The molecule has 4 rings (SSSR count). The van der Waals surface area contributed by atoms with E-state index in [1.54, 1.807) is 98.8 Å². The molecule has 2 amide bonds. The number of ether oxygens (including phenoxy) is 1. The predicted octanol–water partition coefficient (Wildman–Crippen LogP) is 4.30. The molecule has 0 bridgehead atoms. The van der Waals surface area contributed by atoms with Crippen molar-refractivity contribution >= 4 is 43.2 Å². The molecule has 0 radical (unpaired) electrons. The van der Waals surface area contributed by atoms with E-state index in [-0.39, 0.29) is 10.6 Å². The fourth-order valence-electron chi connectivity index (χ4n) is 3.99. The van der Waals surface area contributed by atoms with E-state index in [2.05, 4.69) is 9.44 Å². The molecule has 0 aromatic heterocycles. The summed E-state index contributed by atoms with van der Waals surface area (Å²) in [6.45, 7) is 3.40. The fourth-order valence-corrected chi connectivity index (χ4v) is 6.24. The van der Waals surface area contributed by atoms with Crippen molar-refractivity contribution in [2.45, 2.75) is 36.3 Å². The highest BCUT2D eigenvalue weighted by molar-refractivity contribution is 7.92. The van der Waals surface area contributed by atoms with Gasteiger partial charge in [0.15, 0.2) is 0 Å². The molecule has 0 aliphatic rings. The van der Waals surface area contributed by atoms with Gasteiger partial charge in [0.25, 0.3) is 10.0 Å². The van der Waals surface area contributed by atoms with Gasteiger partial charge in [0.1, 0.15) is 5.75 Å². The zero-order valence-corrected chi connectivity index (χ0v) is 26.6. The molecule has 11 nitrogen and oxygen atoms in total. The summed E-state index contributed by atoms with van der Waals surface area (Å²) < 4.78 is 58.8. The minimum Gasteiger partial charge on any atom is -0.497 e. The minimum atomic E-state index is -3.68. The van der Waals surface area contributed by atoms with Crippen molar-refractivity contribution < 1.29 is 31.2 Å². The second-order valence-corrected chi connectivity index (χ2v) is 13.5. The van der Waals surface area contributed by atoms with Crippen molar-refractivity contribution in [3.63, 3.8) is 0 Å². The van der Waals surface area contributed by atoms with Crippen LogP contribution in [0.5, 0.6) is 5.75 Å². The molecule has 0 aliphatic carbocycles. The van der Waals surface area contributed by atoms with Gasteiger partial charge in [0.2, 0.25) is 21.8 Å². The maximum Gasteiger partial charge on any atom is 0.261 e. The van der Waals surface area contributed by atoms with Crippen LogP contribution in [0.3, 0.4) is 0 Å². The first kappa shape index (κ1) is 34.6. The average molecular weight is 653 g/mol. The van der Waals surface area contributed by atoms with Crippen molar-refractivity contribution in [1.29, 1.82) is 0 Å². The van der Waals surface area contributed by atoms with Gasteiger partial charge in [-0.05, 0) is 79.1 Å². The van der Waals surface area contributed by atoms with E-state index >= 15 is 0 Å². The summed E-state index contributed by atoms with van der Waals surface area (Å²) in [6.07, 6.45) is 0. The van der Waals surface area contributed by atoms with Crippen molar-refractivity contribution in [3.05, 3.63) is 120 Å². The molecule has 0 heterocycles. The third-order valence-corrected chi connectivity index (χ3v) is 9.43. The second-order valence-electron chi connectivity index (χ2n) is 10.1. The van der Waals surface area contributed by atoms with Gasteiger partial charge in [0.05, 0.1) is 29.6 Å². The lowest BCUT2D eigenvalue weighted by Gasteiger charge is -2.11. The number of sulfonamides is 2. The number of hydrogen-bond acceptors (Lipinski definition) is 7. The maximum atomic E-state index is 12.3. The van der Waals surface area contributed by atoms with Gasteiger partial charge in [-0.2, -0.15) is 0 Å². The number of primary amides is 2. The molecule has 45 heavy (non-hydrogen) atoms. The summed E-state index contributed by atoms with van der Waals surface area (Å²) in [5.74, 6) is -1.20. The zero-order valence-electron chi connectivity index (χ0n) is 25.0. The highest BCUT2D eigenvalue weighted by atomic mass is 32.2. The fraction of sp³-hybridized carbons (Fsp3) is 0.188. The summed E-state index contributed by atoms with van der Waals surface area (Å²) >= 11 is 0. The van der Waals surface area contributed by atoms with Gasteiger partial charge in [-0.15, -0.1) is 0 Å². The predicted molar refractivity (Wildman–Crippen MR) is 175 cm³/mol. The molecule has 13 heteroatoms. The number of amides is 2. The molecule has 4 aromatic rings. The van der Waals surface area contributed by atoms with Crippen LogP contribution in [0.4, 0.5) is 11.4 Å². The number of nitrogens with two attached hydrogens (primary N) is 2. The van der Waals surface area contributed by atoms with Crippen molar-refractivity contribution in [1.82, 2.24) is 0 Å². The Hall–Kier alpha value is -4.88.